The third kappa shape index (κ3) is 5.99. The molecule has 13 rings (SSSR count). The Labute approximate surface area is 381 Å². The number of anilines is 4. The minimum Gasteiger partial charge on any atom is -0.333 e. The highest BCUT2D eigenvalue weighted by molar-refractivity contribution is 5.88. The molecule has 3 heteroatoms. The van der Waals surface area contributed by atoms with Crippen molar-refractivity contribution in [1.82, 2.24) is 4.98 Å². The maximum Gasteiger partial charge on any atom is 0.0715 e. The summed E-state index contributed by atoms with van der Waals surface area (Å²) in [4.78, 5) is 10.2. The van der Waals surface area contributed by atoms with Crippen LogP contribution in [-0.2, 0) is 5.41 Å². The average Bonchev–Trinajstić information content (AvgIpc) is 3.96. The summed E-state index contributed by atoms with van der Waals surface area (Å²) in [7, 11) is 0. The topological polar surface area (TPSA) is 19.4 Å². The van der Waals surface area contributed by atoms with Crippen molar-refractivity contribution in [3.8, 4) is 44.8 Å². The van der Waals surface area contributed by atoms with Gasteiger partial charge in [0.2, 0.25) is 0 Å². The van der Waals surface area contributed by atoms with Gasteiger partial charge in [0.05, 0.1) is 17.4 Å². The summed E-state index contributed by atoms with van der Waals surface area (Å²) in [6, 6.07) is 68.9. The molecule has 2 aliphatic heterocycles. The molecule has 5 aliphatic rings. The van der Waals surface area contributed by atoms with E-state index in [2.05, 4.69) is 242 Å². The molecule has 1 aromatic heterocycles. The number of fused-ring (bicyclic) bond motifs is 9. The zero-order chi connectivity index (χ0) is 43.2. The second kappa shape index (κ2) is 14.7. The molecule has 0 spiro atoms. The first-order valence-electron chi connectivity index (χ1n) is 23.0. The lowest BCUT2D eigenvalue weighted by atomic mass is 9.80. The van der Waals surface area contributed by atoms with Crippen LogP contribution < -0.4 is 9.80 Å². The number of para-hydroxylation sites is 3. The van der Waals surface area contributed by atoms with E-state index in [4.69, 9.17) is 4.98 Å². The zero-order valence-corrected chi connectivity index (χ0v) is 36.6. The number of rotatable bonds is 6. The van der Waals surface area contributed by atoms with E-state index < -0.39 is 0 Å². The summed E-state index contributed by atoms with van der Waals surface area (Å²) in [5.41, 5.74) is 23.7. The van der Waals surface area contributed by atoms with Gasteiger partial charge in [0, 0.05) is 56.8 Å². The summed E-state index contributed by atoms with van der Waals surface area (Å²) in [5, 5.41) is 0. The van der Waals surface area contributed by atoms with E-state index in [1.165, 1.54) is 84.1 Å². The fourth-order valence-electron chi connectivity index (χ4n) is 11.5. The van der Waals surface area contributed by atoms with Gasteiger partial charge in [-0.05, 0) is 123 Å². The summed E-state index contributed by atoms with van der Waals surface area (Å²) in [6.07, 6.45) is 13.2. The molecule has 0 fully saturated rings. The molecule has 0 radical (unpaired) electrons. The van der Waals surface area contributed by atoms with Gasteiger partial charge >= 0.3 is 0 Å². The number of pyridine rings is 1. The molecule has 3 atom stereocenters. The molecule has 3 unspecified atom stereocenters. The van der Waals surface area contributed by atoms with E-state index in [9.17, 15) is 0 Å². The Hall–Kier alpha value is -7.75. The maximum atomic E-state index is 5.16. The second-order valence-electron chi connectivity index (χ2n) is 18.7. The molecule has 0 bridgehead atoms. The van der Waals surface area contributed by atoms with Crippen LogP contribution in [0.4, 0.5) is 22.7 Å². The third-order valence-electron chi connectivity index (χ3n) is 14.7. The number of hydrogen-bond acceptors (Lipinski definition) is 3. The molecule has 3 heterocycles. The van der Waals surface area contributed by atoms with E-state index >= 15 is 0 Å². The van der Waals surface area contributed by atoms with Gasteiger partial charge in [-0.15, -0.1) is 0 Å². The molecular formula is C62H47N3. The fraction of sp³-hybridized carbons (Fsp3) is 0.113. The predicted molar refractivity (Wildman–Crippen MR) is 269 cm³/mol. The average molecular weight is 834 g/mol. The molecule has 0 N–H and O–H groups in total. The van der Waals surface area contributed by atoms with E-state index in [0.29, 0.717) is 5.92 Å². The highest BCUT2D eigenvalue weighted by Gasteiger charge is 2.42. The van der Waals surface area contributed by atoms with Gasteiger partial charge in [-0.25, -0.2) is 4.98 Å². The van der Waals surface area contributed by atoms with E-state index in [-0.39, 0.29) is 17.4 Å². The lowest BCUT2D eigenvalue weighted by molar-refractivity contribution is 0.659. The fourth-order valence-corrected chi connectivity index (χ4v) is 11.5. The van der Waals surface area contributed by atoms with Crippen molar-refractivity contribution in [2.45, 2.75) is 43.6 Å². The molecule has 310 valence electrons. The summed E-state index contributed by atoms with van der Waals surface area (Å²) >= 11 is 0. The number of benzene rings is 7. The Morgan fingerprint density at radius 1 is 0.523 bits per heavy atom. The highest BCUT2D eigenvalue weighted by atomic mass is 15.2. The standard InChI is InChI=1S/C62H47N3/c1-62(2)54-36-44(45-37-56(40-16-6-3-7-17-40)63-57(38-45)41-18-8-4-9-19-41)26-30-48(54)49-31-29-47(39-55(49)62)65-59-25-15-13-23-51(59)53-35-43(28-33-61(53)65)42-27-32-60-52(34-42)50-22-12-14-24-58(50)64(60)46-20-10-5-11-21-46/h3-33,35-39,52-53,61H,34H2,1-2H3. The largest absolute Gasteiger partial charge is 0.333 e. The number of aromatic nitrogens is 1. The van der Waals surface area contributed by atoms with Crippen LogP contribution in [0.3, 0.4) is 0 Å². The molecule has 0 saturated carbocycles. The van der Waals surface area contributed by atoms with Gasteiger partial charge in [0.1, 0.15) is 0 Å². The first-order chi connectivity index (χ1) is 32.0. The van der Waals surface area contributed by atoms with Crippen LogP contribution in [0.25, 0.3) is 44.8 Å². The minimum absolute atomic E-state index is 0.188. The van der Waals surface area contributed by atoms with E-state index in [0.717, 1.165) is 28.9 Å². The Morgan fingerprint density at radius 2 is 1.14 bits per heavy atom. The van der Waals surface area contributed by atoms with E-state index in [1.807, 2.05) is 0 Å². The Balaban J connectivity index is 0.829. The van der Waals surface area contributed by atoms with Crippen LogP contribution in [0.15, 0.2) is 235 Å². The lowest BCUT2D eigenvalue weighted by Crippen LogP contribution is -2.29. The number of hydrogen-bond donors (Lipinski definition) is 0. The zero-order valence-electron chi connectivity index (χ0n) is 36.6. The van der Waals surface area contributed by atoms with Crippen molar-refractivity contribution in [2.24, 2.45) is 0 Å². The van der Waals surface area contributed by atoms with Gasteiger partial charge in [-0.1, -0.05) is 172 Å². The maximum absolute atomic E-state index is 5.16. The Bertz CT molecular complexity index is 3280. The molecule has 7 aromatic carbocycles. The lowest BCUT2D eigenvalue weighted by Gasteiger charge is -2.32. The van der Waals surface area contributed by atoms with Gasteiger partial charge in [0.25, 0.3) is 0 Å². The van der Waals surface area contributed by atoms with Crippen LogP contribution >= 0.6 is 0 Å². The molecule has 0 saturated heterocycles. The molecule has 8 aromatic rings. The highest BCUT2D eigenvalue weighted by Crippen LogP contribution is 2.56. The third-order valence-corrected chi connectivity index (χ3v) is 14.7. The molecule has 0 amide bonds. The van der Waals surface area contributed by atoms with Crippen molar-refractivity contribution < 1.29 is 0 Å². The van der Waals surface area contributed by atoms with Crippen molar-refractivity contribution in [3.63, 3.8) is 0 Å². The number of nitrogens with zero attached hydrogens (tertiary/aromatic N) is 3. The van der Waals surface area contributed by atoms with Gasteiger partial charge in [-0.2, -0.15) is 0 Å². The van der Waals surface area contributed by atoms with Gasteiger partial charge in [-0.3, -0.25) is 0 Å². The molecule has 3 nitrogen and oxygen atoms in total. The van der Waals surface area contributed by atoms with Crippen LogP contribution in [0, 0.1) is 0 Å². The van der Waals surface area contributed by atoms with Gasteiger partial charge in [0.15, 0.2) is 0 Å². The van der Waals surface area contributed by atoms with Crippen molar-refractivity contribution in [1.29, 1.82) is 0 Å². The van der Waals surface area contributed by atoms with E-state index in [1.54, 1.807) is 0 Å². The second-order valence-corrected chi connectivity index (χ2v) is 18.7. The smallest absolute Gasteiger partial charge is 0.0715 e. The minimum atomic E-state index is -0.197. The van der Waals surface area contributed by atoms with Crippen molar-refractivity contribution in [2.75, 3.05) is 9.80 Å². The van der Waals surface area contributed by atoms with Crippen molar-refractivity contribution >= 4 is 22.7 Å². The molecule has 3 aliphatic carbocycles. The predicted octanol–water partition coefficient (Wildman–Crippen LogP) is 15.6. The number of allylic oxidation sites excluding steroid dienone is 6. The molecular weight excluding hydrogens is 787 g/mol. The SMILES string of the molecule is CC1(C)c2cc(-c3cc(-c4ccccc4)nc(-c4ccccc4)c3)ccc2-c2ccc(N3c4ccccc4C4C=C(C5=CC=C6C(C5)c5ccccc5N6c5ccccc5)C=CC43)cc21. The first-order valence-corrected chi connectivity index (χ1v) is 23.0. The van der Waals surface area contributed by atoms with Crippen molar-refractivity contribution in [3.05, 3.63) is 258 Å². The molecule has 65 heavy (non-hydrogen) atoms. The van der Waals surface area contributed by atoms with Crippen LogP contribution in [-0.4, -0.2) is 11.0 Å². The summed E-state index contributed by atoms with van der Waals surface area (Å²) in [5.74, 6) is 0.570. The Kier molecular flexibility index (Phi) is 8.52. The van der Waals surface area contributed by atoms with Gasteiger partial charge < -0.3 is 9.80 Å². The summed E-state index contributed by atoms with van der Waals surface area (Å²) in [6.45, 7) is 4.80. The van der Waals surface area contributed by atoms with Crippen LogP contribution in [0.5, 0.6) is 0 Å². The normalized spacial score (nSPS) is 19.3. The van der Waals surface area contributed by atoms with Crippen LogP contribution in [0.2, 0.25) is 0 Å². The summed E-state index contributed by atoms with van der Waals surface area (Å²) < 4.78 is 0. The monoisotopic (exact) mass is 833 g/mol. The van der Waals surface area contributed by atoms with Crippen LogP contribution in [0.1, 0.15) is 54.4 Å². The Morgan fingerprint density at radius 3 is 1.86 bits per heavy atom. The quantitative estimate of drug-likeness (QED) is 0.166. The first kappa shape index (κ1) is 37.8.